The van der Waals surface area contributed by atoms with E-state index in [4.69, 9.17) is 0 Å². The highest BCUT2D eigenvalue weighted by Crippen LogP contribution is 2.25. The standard InChI is InChI=1S/C21H23BrN2O/c1-5-21(22)24(13-11-18-8-6-15(2)7-9-18)16(3)20-14-19(17(4)25)10-12-23-20/h5-10,12,14H,3,11,13H2,1-2,4H3/b21-5-. The van der Waals surface area contributed by atoms with Crippen LogP contribution in [0.3, 0.4) is 0 Å². The van der Waals surface area contributed by atoms with Gasteiger partial charge in [0, 0.05) is 18.3 Å². The number of pyridine rings is 1. The van der Waals surface area contributed by atoms with Gasteiger partial charge < -0.3 is 4.90 Å². The van der Waals surface area contributed by atoms with Crippen LogP contribution in [0.1, 0.15) is 41.0 Å². The molecule has 3 nitrogen and oxygen atoms in total. The molecule has 0 unspecified atom stereocenters. The fourth-order valence-corrected chi connectivity index (χ4v) is 2.86. The number of benzene rings is 1. The van der Waals surface area contributed by atoms with Crippen molar-refractivity contribution in [3.63, 3.8) is 0 Å². The zero-order valence-electron chi connectivity index (χ0n) is 14.9. The summed E-state index contributed by atoms with van der Waals surface area (Å²) in [7, 11) is 0. The largest absolute Gasteiger partial charge is 0.334 e. The SMILES string of the molecule is C=C(c1cc(C(C)=O)ccn1)N(CCc1ccc(C)cc1)/C(Br)=C\C. The first-order valence-corrected chi connectivity index (χ1v) is 9.03. The van der Waals surface area contributed by atoms with Crippen LogP contribution in [0.5, 0.6) is 0 Å². The Morgan fingerprint density at radius 3 is 2.56 bits per heavy atom. The number of aryl methyl sites for hydroxylation is 1. The molecule has 0 saturated carbocycles. The minimum Gasteiger partial charge on any atom is -0.334 e. The molecule has 130 valence electrons. The molecule has 2 rings (SSSR count). The monoisotopic (exact) mass is 398 g/mol. The van der Waals surface area contributed by atoms with Crippen molar-refractivity contribution in [2.24, 2.45) is 0 Å². The number of rotatable bonds is 7. The normalized spacial score (nSPS) is 11.3. The average molecular weight is 399 g/mol. The number of ketones is 1. The number of Topliss-reactive ketones (excluding diaryl/α,β-unsaturated/α-hetero) is 1. The van der Waals surface area contributed by atoms with E-state index in [0.29, 0.717) is 11.3 Å². The smallest absolute Gasteiger partial charge is 0.159 e. The van der Waals surface area contributed by atoms with Crippen molar-refractivity contribution < 1.29 is 4.79 Å². The molecule has 0 amide bonds. The molecule has 2 aromatic rings. The minimum atomic E-state index is 0.0211. The molecule has 0 bridgehead atoms. The van der Waals surface area contributed by atoms with Crippen molar-refractivity contribution in [1.29, 1.82) is 0 Å². The van der Waals surface area contributed by atoms with Crippen molar-refractivity contribution in [3.05, 3.63) is 82.2 Å². The van der Waals surface area contributed by atoms with E-state index < -0.39 is 0 Å². The van der Waals surface area contributed by atoms with Crippen LogP contribution < -0.4 is 0 Å². The van der Waals surface area contributed by atoms with Crippen molar-refractivity contribution in [2.45, 2.75) is 27.2 Å². The molecule has 25 heavy (non-hydrogen) atoms. The minimum absolute atomic E-state index is 0.0211. The Balaban J connectivity index is 2.21. The third-order valence-corrected chi connectivity index (χ3v) is 4.91. The van der Waals surface area contributed by atoms with E-state index in [0.717, 1.165) is 23.3 Å². The number of allylic oxidation sites excluding steroid dienone is 1. The molecule has 0 spiro atoms. The number of hydrogen-bond donors (Lipinski definition) is 0. The number of carbonyl (C=O) groups excluding carboxylic acids is 1. The summed E-state index contributed by atoms with van der Waals surface area (Å²) in [5.41, 5.74) is 4.63. The molecule has 0 aliphatic carbocycles. The lowest BCUT2D eigenvalue weighted by molar-refractivity contribution is 0.101. The lowest BCUT2D eigenvalue weighted by atomic mass is 10.1. The summed E-state index contributed by atoms with van der Waals surface area (Å²) in [4.78, 5) is 18.1. The second-order valence-corrected chi connectivity index (χ2v) is 6.74. The number of nitrogens with zero attached hydrogens (tertiary/aromatic N) is 2. The van der Waals surface area contributed by atoms with Crippen LogP contribution in [0.15, 0.2) is 59.9 Å². The lowest BCUT2D eigenvalue weighted by Gasteiger charge is -2.26. The van der Waals surface area contributed by atoms with Gasteiger partial charge in [-0.05, 0) is 60.8 Å². The summed E-state index contributed by atoms with van der Waals surface area (Å²) < 4.78 is 0.930. The Hall–Kier alpha value is -2.20. The summed E-state index contributed by atoms with van der Waals surface area (Å²) in [5.74, 6) is 0.0211. The van der Waals surface area contributed by atoms with Crippen LogP contribution in [0, 0.1) is 6.92 Å². The fourth-order valence-electron chi connectivity index (χ4n) is 2.47. The molecule has 0 fully saturated rings. The van der Waals surface area contributed by atoms with Crippen LogP contribution in [0.25, 0.3) is 5.70 Å². The molecule has 1 heterocycles. The predicted octanol–water partition coefficient (Wildman–Crippen LogP) is 5.36. The Morgan fingerprint density at radius 2 is 1.96 bits per heavy atom. The molecular weight excluding hydrogens is 376 g/mol. The van der Waals surface area contributed by atoms with Crippen LogP contribution in [0.2, 0.25) is 0 Å². The van der Waals surface area contributed by atoms with Crippen molar-refractivity contribution in [2.75, 3.05) is 6.54 Å². The highest BCUT2D eigenvalue weighted by atomic mass is 79.9. The lowest BCUT2D eigenvalue weighted by Crippen LogP contribution is -2.22. The third-order valence-electron chi connectivity index (χ3n) is 4.03. The first-order valence-electron chi connectivity index (χ1n) is 8.23. The van der Waals surface area contributed by atoms with Crippen molar-refractivity contribution in [1.82, 2.24) is 9.88 Å². The van der Waals surface area contributed by atoms with E-state index in [1.807, 2.05) is 13.0 Å². The number of carbonyl (C=O) groups is 1. The third kappa shape index (κ3) is 5.13. The van der Waals surface area contributed by atoms with E-state index in [1.54, 1.807) is 25.3 Å². The molecule has 1 aromatic heterocycles. The maximum Gasteiger partial charge on any atom is 0.159 e. The molecule has 0 aliphatic heterocycles. The van der Waals surface area contributed by atoms with E-state index >= 15 is 0 Å². The highest BCUT2D eigenvalue weighted by molar-refractivity contribution is 9.11. The Morgan fingerprint density at radius 1 is 1.28 bits per heavy atom. The first kappa shape index (κ1) is 19.1. The van der Waals surface area contributed by atoms with Gasteiger partial charge in [0.2, 0.25) is 0 Å². The van der Waals surface area contributed by atoms with Gasteiger partial charge in [-0.1, -0.05) is 42.5 Å². The Bertz CT molecular complexity index is 794. The summed E-state index contributed by atoms with van der Waals surface area (Å²) in [6.07, 6.45) is 4.52. The Kier molecular flexibility index (Phi) is 6.71. The van der Waals surface area contributed by atoms with E-state index in [9.17, 15) is 4.79 Å². The molecule has 0 N–H and O–H groups in total. The van der Waals surface area contributed by atoms with Gasteiger partial charge in [0.15, 0.2) is 5.78 Å². The summed E-state index contributed by atoms with van der Waals surface area (Å²) in [5, 5.41) is 0. The zero-order valence-corrected chi connectivity index (χ0v) is 16.5. The summed E-state index contributed by atoms with van der Waals surface area (Å²) >= 11 is 3.61. The number of halogens is 1. The summed E-state index contributed by atoms with van der Waals surface area (Å²) in [6, 6.07) is 12.1. The Labute approximate surface area is 158 Å². The van der Waals surface area contributed by atoms with Crippen LogP contribution in [-0.4, -0.2) is 22.2 Å². The average Bonchev–Trinajstić information content (AvgIpc) is 2.63. The van der Waals surface area contributed by atoms with Crippen LogP contribution in [-0.2, 0) is 6.42 Å². The van der Waals surface area contributed by atoms with Crippen LogP contribution in [0.4, 0.5) is 0 Å². The van der Waals surface area contributed by atoms with Gasteiger partial charge in [0.05, 0.1) is 16.0 Å². The predicted molar refractivity (Wildman–Crippen MR) is 108 cm³/mol. The number of aromatic nitrogens is 1. The topological polar surface area (TPSA) is 33.2 Å². The van der Waals surface area contributed by atoms with Gasteiger partial charge in [-0.2, -0.15) is 0 Å². The fraction of sp³-hybridized carbons (Fsp3) is 0.238. The van der Waals surface area contributed by atoms with Gasteiger partial charge in [0.25, 0.3) is 0 Å². The van der Waals surface area contributed by atoms with Gasteiger partial charge in [-0.25, -0.2) is 0 Å². The molecule has 0 aliphatic rings. The molecule has 0 atom stereocenters. The molecule has 4 heteroatoms. The second kappa shape index (κ2) is 8.77. The van der Waals surface area contributed by atoms with E-state index in [1.165, 1.54) is 11.1 Å². The van der Waals surface area contributed by atoms with Crippen molar-refractivity contribution >= 4 is 27.4 Å². The summed E-state index contributed by atoms with van der Waals surface area (Å²) in [6.45, 7) is 10.6. The van der Waals surface area contributed by atoms with E-state index in [-0.39, 0.29) is 5.78 Å². The molecular formula is C21H23BrN2O. The maximum absolute atomic E-state index is 11.6. The van der Waals surface area contributed by atoms with Gasteiger partial charge in [0.1, 0.15) is 0 Å². The van der Waals surface area contributed by atoms with Crippen molar-refractivity contribution in [3.8, 4) is 0 Å². The highest BCUT2D eigenvalue weighted by Gasteiger charge is 2.15. The van der Waals surface area contributed by atoms with E-state index in [2.05, 4.69) is 63.6 Å². The second-order valence-electron chi connectivity index (χ2n) is 5.93. The first-order chi connectivity index (χ1) is 11.9. The van der Waals surface area contributed by atoms with Gasteiger partial charge in [-0.15, -0.1) is 0 Å². The molecule has 0 radical (unpaired) electrons. The maximum atomic E-state index is 11.6. The molecule has 0 saturated heterocycles. The quantitative estimate of drug-likeness (QED) is 0.464. The van der Waals surface area contributed by atoms with Gasteiger partial charge in [-0.3, -0.25) is 9.78 Å². The molecule has 1 aromatic carbocycles. The number of hydrogen-bond acceptors (Lipinski definition) is 3. The zero-order chi connectivity index (χ0) is 18.4. The van der Waals surface area contributed by atoms with Crippen LogP contribution >= 0.6 is 15.9 Å². The van der Waals surface area contributed by atoms with Gasteiger partial charge >= 0.3 is 0 Å².